The highest BCUT2D eigenvalue weighted by Gasteiger charge is 2.28. The zero-order chi connectivity index (χ0) is 19.5. The van der Waals surface area contributed by atoms with Crippen molar-refractivity contribution in [1.82, 2.24) is 14.8 Å². The molecule has 7 nitrogen and oxygen atoms in total. The highest BCUT2D eigenvalue weighted by molar-refractivity contribution is 6.31. The first-order valence-corrected chi connectivity index (χ1v) is 9.62. The lowest BCUT2D eigenvalue weighted by Crippen LogP contribution is -2.37. The molecule has 4 rings (SSSR count). The minimum atomic E-state index is -0.824. The molecule has 2 N–H and O–H groups in total. The molecule has 0 amide bonds. The Morgan fingerprint density at radius 1 is 1.39 bits per heavy atom. The lowest BCUT2D eigenvalue weighted by atomic mass is 10.1. The molecule has 1 aromatic carbocycles. The molecule has 1 aromatic heterocycles. The number of benzene rings is 1. The van der Waals surface area contributed by atoms with Gasteiger partial charge in [-0.1, -0.05) is 48.0 Å². The Morgan fingerprint density at radius 3 is 3.04 bits per heavy atom. The molecule has 146 valence electrons. The maximum atomic E-state index is 12.4. The van der Waals surface area contributed by atoms with Crippen LogP contribution >= 0.6 is 11.6 Å². The molecule has 2 atom stereocenters. The number of aliphatic hydroxyl groups excluding tert-OH is 1. The summed E-state index contributed by atoms with van der Waals surface area (Å²) in [4.78, 5) is 16.9. The first-order valence-electron chi connectivity index (χ1n) is 9.25. The van der Waals surface area contributed by atoms with Gasteiger partial charge in [0, 0.05) is 10.6 Å². The van der Waals surface area contributed by atoms with Crippen molar-refractivity contribution < 1.29 is 14.6 Å². The molecular formula is C20H21ClN4O3. The van der Waals surface area contributed by atoms with E-state index in [9.17, 15) is 9.90 Å². The molecule has 28 heavy (non-hydrogen) atoms. The van der Waals surface area contributed by atoms with Gasteiger partial charge in [0.05, 0.1) is 25.7 Å². The van der Waals surface area contributed by atoms with Gasteiger partial charge in [-0.15, -0.1) is 5.10 Å². The summed E-state index contributed by atoms with van der Waals surface area (Å²) in [6.07, 6.45) is 7.28. The van der Waals surface area contributed by atoms with Crippen molar-refractivity contribution in [1.29, 1.82) is 0 Å². The molecule has 0 saturated heterocycles. The second-order valence-electron chi connectivity index (χ2n) is 6.84. The minimum absolute atomic E-state index is 0.0905. The SMILES string of the molecule is O=C1CC(COCC(O)c2ccccc2Cl)Nc2nc(C3=CC=CCC3)nn21. The third-order valence-electron chi connectivity index (χ3n) is 4.76. The smallest absolute Gasteiger partial charge is 0.252 e. The molecule has 2 aromatic rings. The zero-order valence-corrected chi connectivity index (χ0v) is 16.0. The summed E-state index contributed by atoms with van der Waals surface area (Å²) in [5.41, 5.74) is 1.64. The molecule has 2 aliphatic rings. The van der Waals surface area contributed by atoms with Crippen molar-refractivity contribution in [2.24, 2.45) is 0 Å². The molecule has 0 radical (unpaired) electrons. The van der Waals surface area contributed by atoms with Gasteiger partial charge in [-0.2, -0.15) is 9.67 Å². The van der Waals surface area contributed by atoms with E-state index in [4.69, 9.17) is 16.3 Å². The summed E-state index contributed by atoms with van der Waals surface area (Å²) in [5.74, 6) is 0.887. The predicted molar refractivity (Wildman–Crippen MR) is 106 cm³/mol. The number of hydrogen-bond acceptors (Lipinski definition) is 6. The third-order valence-corrected chi connectivity index (χ3v) is 5.10. The lowest BCUT2D eigenvalue weighted by Gasteiger charge is -2.23. The van der Waals surface area contributed by atoms with E-state index in [2.05, 4.69) is 21.5 Å². The normalized spacial score (nSPS) is 19.7. The number of aromatic nitrogens is 3. The number of nitrogens with zero attached hydrogens (tertiary/aromatic N) is 3. The van der Waals surface area contributed by atoms with Crippen LogP contribution in [0, 0.1) is 0 Å². The van der Waals surface area contributed by atoms with Gasteiger partial charge in [0.2, 0.25) is 5.95 Å². The van der Waals surface area contributed by atoms with Crippen LogP contribution in [0.5, 0.6) is 0 Å². The van der Waals surface area contributed by atoms with E-state index in [0.717, 1.165) is 18.4 Å². The largest absolute Gasteiger partial charge is 0.386 e. The van der Waals surface area contributed by atoms with Gasteiger partial charge < -0.3 is 15.2 Å². The molecule has 0 fully saturated rings. The first kappa shape index (κ1) is 18.9. The number of aliphatic hydroxyl groups is 1. The number of ether oxygens (including phenoxy) is 1. The van der Waals surface area contributed by atoms with Crippen LogP contribution in [-0.2, 0) is 4.74 Å². The van der Waals surface area contributed by atoms with Crippen LogP contribution in [0.15, 0.2) is 42.5 Å². The molecule has 8 heteroatoms. The average Bonchev–Trinajstić information content (AvgIpc) is 3.14. The van der Waals surface area contributed by atoms with Crippen LogP contribution in [-0.4, -0.2) is 45.0 Å². The van der Waals surface area contributed by atoms with E-state index >= 15 is 0 Å². The Bertz CT molecular complexity index is 937. The summed E-state index contributed by atoms with van der Waals surface area (Å²) in [7, 11) is 0. The van der Waals surface area contributed by atoms with Gasteiger partial charge in [0.1, 0.15) is 6.10 Å². The van der Waals surface area contributed by atoms with E-state index < -0.39 is 6.10 Å². The Kier molecular flexibility index (Phi) is 5.57. The maximum Gasteiger partial charge on any atom is 0.252 e. The second kappa shape index (κ2) is 8.26. The van der Waals surface area contributed by atoms with E-state index in [0.29, 0.717) is 22.4 Å². The van der Waals surface area contributed by atoms with Crippen molar-refractivity contribution in [2.45, 2.75) is 31.4 Å². The topological polar surface area (TPSA) is 89.3 Å². The number of fused-ring (bicyclic) bond motifs is 1. The van der Waals surface area contributed by atoms with Gasteiger partial charge in [-0.05, 0) is 24.5 Å². The predicted octanol–water partition coefficient (Wildman–Crippen LogP) is 3.24. The summed E-state index contributed by atoms with van der Waals surface area (Å²) in [6, 6.07) is 6.88. The standard InChI is InChI=1S/C20H21ClN4O3/c21-16-9-5-4-8-15(16)17(26)12-28-11-14-10-18(27)25-20(22-14)23-19(24-25)13-6-2-1-3-7-13/h1-2,4-6,8-9,14,17,26H,3,7,10-12H2,(H,22,23,24). The van der Waals surface area contributed by atoms with Gasteiger partial charge in [0.25, 0.3) is 5.91 Å². The minimum Gasteiger partial charge on any atom is -0.386 e. The molecule has 1 aliphatic carbocycles. The number of carbonyl (C=O) groups excluding carboxylic acids is 1. The Labute approximate surface area is 167 Å². The van der Waals surface area contributed by atoms with Crippen molar-refractivity contribution in [3.63, 3.8) is 0 Å². The Hall–Kier alpha value is -2.48. The van der Waals surface area contributed by atoms with Crippen LogP contribution in [0.25, 0.3) is 5.57 Å². The second-order valence-corrected chi connectivity index (χ2v) is 7.25. The molecule has 0 saturated carbocycles. The highest BCUT2D eigenvalue weighted by atomic mass is 35.5. The molecule has 2 unspecified atom stereocenters. The van der Waals surface area contributed by atoms with Crippen molar-refractivity contribution >= 4 is 29.0 Å². The van der Waals surface area contributed by atoms with Gasteiger partial charge >= 0.3 is 0 Å². The summed E-state index contributed by atoms with van der Waals surface area (Å²) >= 11 is 6.09. The zero-order valence-electron chi connectivity index (χ0n) is 15.2. The Balaban J connectivity index is 1.36. The molecule has 2 heterocycles. The van der Waals surface area contributed by atoms with Crippen molar-refractivity contribution in [2.75, 3.05) is 18.5 Å². The van der Waals surface area contributed by atoms with Crippen LogP contribution < -0.4 is 5.32 Å². The van der Waals surface area contributed by atoms with Crippen LogP contribution in [0.4, 0.5) is 5.95 Å². The first-order chi connectivity index (χ1) is 13.6. The maximum absolute atomic E-state index is 12.4. The fourth-order valence-electron chi connectivity index (χ4n) is 3.29. The third kappa shape index (κ3) is 4.01. The van der Waals surface area contributed by atoms with Crippen molar-refractivity contribution in [3.8, 4) is 0 Å². The summed E-state index contributed by atoms with van der Waals surface area (Å²) < 4.78 is 6.95. The molecular weight excluding hydrogens is 380 g/mol. The van der Waals surface area contributed by atoms with Gasteiger partial charge in [-0.3, -0.25) is 4.79 Å². The average molecular weight is 401 g/mol. The van der Waals surface area contributed by atoms with Crippen LogP contribution in [0.3, 0.4) is 0 Å². The van der Waals surface area contributed by atoms with E-state index in [-0.39, 0.29) is 31.6 Å². The van der Waals surface area contributed by atoms with Gasteiger partial charge in [-0.25, -0.2) is 0 Å². The van der Waals surface area contributed by atoms with Crippen LogP contribution in [0.1, 0.15) is 41.5 Å². The van der Waals surface area contributed by atoms with E-state index in [1.807, 2.05) is 18.2 Å². The quantitative estimate of drug-likeness (QED) is 0.773. The number of rotatable bonds is 6. The monoisotopic (exact) mass is 400 g/mol. The molecule has 1 aliphatic heterocycles. The van der Waals surface area contributed by atoms with E-state index in [1.54, 1.807) is 18.2 Å². The molecule has 0 spiro atoms. The Morgan fingerprint density at radius 2 is 2.25 bits per heavy atom. The summed E-state index contributed by atoms with van der Waals surface area (Å²) in [5, 5.41) is 18.3. The van der Waals surface area contributed by atoms with Gasteiger partial charge in [0.15, 0.2) is 5.82 Å². The number of nitrogens with one attached hydrogen (secondary N) is 1. The summed E-state index contributed by atoms with van der Waals surface area (Å²) in [6.45, 7) is 0.355. The number of carbonyl (C=O) groups is 1. The fraction of sp³-hybridized carbons (Fsp3) is 0.350. The highest BCUT2D eigenvalue weighted by Crippen LogP contribution is 2.25. The van der Waals surface area contributed by atoms with Crippen molar-refractivity contribution in [3.05, 3.63) is 58.9 Å². The number of anilines is 1. The lowest BCUT2D eigenvalue weighted by molar-refractivity contribution is 0.0303. The fourth-order valence-corrected chi connectivity index (χ4v) is 3.55. The number of halogens is 1. The number of allylic oxidation sites excluding steroid dienone is 4. The molecule has 0 bridgehead atoms. The number of hydrogen-bond donors (Lipinski definition) is 2. The van der Waals surface area contributed by atoms with E-state index in [1.165, 1.54) is 4.68 Å². The van der Waals surface area contributed by atoms with Crippen LogP contribution in [0.2, 0.25) is 5.02 Å².